The number of nitrogens with one attached hydrogen (secondary N) is 2. The minimum Gasteiger partial charge on any atom is -0.497 e. The lowest BCUT2D eigenvalue weighted by molar-refractivity contribution is 0.414. The van der Waals surface area contributed by atoms with E-state index in [9.17, 15) is 0 Å². The number of ether oxygens (including phenoxy) is 3. The van der Waals surface area contributed by atoms with Gasteiger partial charge in [-0.15, -0.1) is 0 Å². The number of benzene rings is 3. The molecule has 3 rings (SSSR count). The van der Waals surface area contributed by atoms with E-state index in [-0.39, 0.29) is 0 Å². The molecule has 0 saturated heterocycles. The van der Waals surface area contributed by atoms with Crippen LogP contribution in [0.2, 0.25) is 0 Å². The lowest BCUT2D eigenvalue weighted by Gasteiger charge is -2.08. The van der Waals surface area contributed by atoms with Crippen molar-refractivity contribution in [1.29, 1.82) is 0 Å². The Morgan fingerprint density at radius 3 is 1.59 bits per heavy atom. The minimum atomic E-state index is 0.898. The smallest absolute Gasteiger partial charge is 0.141 e. The van der Waals surface area contributed by atoms with Crippen molar-refractivity contribution in [1.82, 2.24) is 0 Å². The average molecular weight is 467 g/mol. The first-order chi connectivity index (χ1) is 16.5. The SMILES string of the molecule is CCc1ccc(OC)c(NC)c1.CCc1ccc(OC)cc1.CCc1ccc(OC)cc1NC. The summed E-state index contributed by atoms with van der Waals surface area (Å²) in [6, 6.07) is 20.4. The second-order valence-electron chi connectivity index (χ2n) is 7.47. The Hall–Kier alpha value is -3.34. The zero-order valence-electron chi connectivity index (χ0n) is 22.1. The third-order valence-corrected chi connectivity index (χ3v) is 5.48. The van der Waals surface area contributed by atoms with Crippen molar-refractivity contribution in [2.45, 2.75) is 40.0 Å². The van der Waals surface area contributed by atoms with E-state index in [1.54, 1.807) is 21.3 Å². The third kappa shape index (κ3) is 9.26. The molecule has 0 heterocycles. The molecule has 0 aliphatic carbocycles. The topological polar surface area (TPSA) is 51.8 Å². The van der Waals surface area contributed by atoms with Gasteiger partial charge in [-0.2, -0.15) is 0 Å². The van der Waals surface area contributed by atoms with Crippen LogP contribution in [0.4, 0.5) is 11.4 Å². The van der Waals surface area contributed by atoms with Gasteiger partial charge in [-0.25, -0.2) is 0 Å². The van der Waals surface area contributed by atoms with Gasteiger partial charge in [-0.1, -0.05) is 45.0 Å². The second kappa shape index (κ2) is 16.3. The lowest BCUT2D eigenvalue weighted by atomic mass is 10.1. The molecule has 0 aromatic heterocycles. The summed E-state index contributed by atoms with van der Waals surface area (Å²) in [5.74, 6) is 2.73. The number of anilines is 2. The highest BCUT2D eigenvalue weighted by Gasteiger charge is 2.01. The zero-order valence-corrected chi connectivity index (χ0v) is 22.1. The van der Waals surface area contributed by atoms with Crippen LogP contribution >= 0.6 is 0 Å². The van der Waals surface area contributed by atoms with Crippen molar-refractivity contribution in [3.05, 3.63) is 77.4 Å². The van der Waals surface area contributed by atoms with Gasteiger partial charge in [0.05, 0.1) is 27.0 Å². The number of hydrogen-bond acceptors (Lipinski definition) is 5. The van der Waals surface area contributed by atoms with Crippen LogP contribution in [0.3, 0.4) is 0 Å². The molecule has 0 aliphatic rings. The van der Waals surface area contributed by atoms with E-state index in [2.05, 4.69) is 61.7 Å². The minimum absolute atomic E-state index is 0.898. The van der Waals surface area contributed by atoms with E-state index < -0.39 is 0 Å². The Morgan fingerprint density at radius 1 is 0.559 bits per heavy atom. The molecule has 0 spiro atoms. The summed E-state index contributed by atoms with van der Waals surface area (Å²) in [6.45, 7) is 6.42. The number of hydrogen-bond donors (Lipinski definition) is 2. The Labute approximate surface area is 206 Å². The molecule has 5 heteroatoms. The van der Waals surface area contributed by atoms with Crippen LogP contribution in [-0.2, 0) is 19.3 Å². The predicted molar refractivity (Wildman–Crippen MR) is 146 cm³/mol. The molecular formula is C29H42N2O3. The Balaban J connectivity index is 0.000000256. The molecule has 0 saturated carbocycles. The van der Waals surface area contributed by atoms with Gasteiger partial charge in [0.15, 0.2) is 0 Å². The highest BCUT2D eigenvalue weighted by Crippen LogP contribution is 2.25. The molecule has 3 aromatic carbocycles. The average Bonchev–Trinajstić information content (AvgIpc) is 2.92. The fourth-order valence-corrected chi connectivity index (χ4v) is 3.26. The first-order valence-corrected chi connectivity index (χ1v) is 11.8. The van der Waals surface area contributed by atoms with Crippen molar-refractivity contribution in [2.24, 2.45) is 0 Å². The van der Waals surface area contributed by atoms with Gasteiger partial charge in [0.2, 0.25) is 0 Å². The Kier molecular flexibility index (Phi) is 13.8. The summed E-state index contributed by atoms with van der Waals surface area (Å²) < 4.78 is 15.3. The van der Waals surface area contributed by atoms with Crippen LogP contribution in [0.25, 0.3) is 0 Å². The van der Waals surface area contributed by atoms with Crippen molar-refractivity contribution in [2.75, 3.05) is 46.1 Å². The standard InChI is InChI=1S/2C10H15NO.C9H12O/c1-4-8-5-6-9(12-3)7-10(8)11-2;1-4-8-5-6-10(12-3)9(7-8)11-2;1-3-8-4-6-9(10-2)7-5-8/h2*5-7,11H,4H2,1-3H3;4-7H,3H2,1-2H3. The molecular weight excluding hydrogens is 424 g/mol. The van der Waals surface area contributed by atoms with Gasteiger partial charge in [0.1, 0.15) is 17.2 Å². The Morgan fingerprint density at radius 2 is 1.12 bits per heavy atom. The first kappa shape index (κ1) is 28.7. The van der Waals surface area contributed by atoms with Gasteiger partial charge >= 0.3 is 0 Å². The molecule has 3 aromatic rings. The predicted octanol–water partition coefficient (Wildman–Crippen LogP) is 6.86. The fraction of sp³-hybridized carbons (Fsp3) is 0.379. The first-order valence-electron chi connectivity index (χ1n) is 11.8. The van der Waals surface area contributed by atoms with Gasteiger partial charge in [-0.05, 0) is 66.3 Å². The fourth-order valence-electron chi connectivity index (χ4n) is 3.26. The van der Waals surface area contributed by atoms with Crippen LogP contribution in [0.5, 0.6) is 17.2 Å². The van der Waals surface area contributed by atoms with Crippen LogP contribution in [0, 0.1) is 0 Å². The van der Waals surface area contributed by atoms with Crippen molar-refractivity contribution in [3.8, 4) is 17.2 Å². The summed E-state index contributed by atoms with van der Waals surface area (Å²) in [6.07, 6.45) is 3.18. The van der Waals surface area contributed by atoms with Crippen molar-refractivity contribution < 1.29 is 14.2 Å². The number of methoxy groups -OCH3 is 3. The Bertz CT molecular complexity index is 878. The summed E-state index contributed by atoms with van der Waals surface area (Å²) in [5, 5.41) is 6.24. The molecule has 5 nitrogen and oxygen atoms in total. The summed E-state index contributed by atoms with van der Waals surface area (Å²) in [5.41, 5.74) is 6.19. The highest BCUT2D eigenvalue weighted by atomic mass is 16.5. The van der Waals surface area contributed by atoms with E-state index >= 15 is 0 Å². The maximum Gasteiger partial charge on any atom is 0.141 e. The van der Waals surface area contributed by atoms with E-state index in [4.69, 9.17) is 14.2 Å². The van der Waals surface area contributed by atoms with Gasteiger partial charge in [0.25, 0.3) is 0 Å². The molecule has 186 valence electrons. The number of aryl methyl sites for hydroxylation is 3. The maximum absolute atomic E-state index is 5.17. The molecule has 34 heavy (non-hydrogen) atoms. The maximum atomic E-state index is 5.17. The summed E-state index contributed by atoms with van der Waals surface area (Å²) in [4.78, 5) is 0. The summed E-state index contributed by atoms with van der Waals surface area (Å²) in [7, 11) is 8.87. The second-order valence-corrected chi connectivity index (χ2v) is 7.47. The van der Waals surface area contributed by atoms with Gasteiger partial charge in [-0.3, -0.25) is 0 Å². The van der Waals surface area contributed by atoms with Gasteiger partial charge < -0.3 is 24.8 Å². The number of rotatable bonds is 8. The van der Waals surface area contributed by atoms with Crippen LogP contribution in [0.1, 0.15) is 37.5 Å². The van der Waals surface area contributed by atoms with Crippen LogP contribution in [0.15, 0.2) is 60.7 Å². The largest absolute Gasteiger partial charge is 0.497 e. The molecule has 0 atom stereocenters. The van der Waals surface area contributed by atoms with Crippen LogP contribution in [-0.4, -0.2) is 35.4 Å². The van der Waals surface area contributed by atoms with Crippen molar-refractivity contribution >= 4 is 11.4 Å². The summed E-state index contributed by atoms with van der Waals surface area (Å²) >= 11 is 0. The molecule has 0 amide bonds. The van der Waals surface area contributed by atoms with E-state index in [0.29, 0.717) is 0 Å². The normalized spacial score (nSPS) is 9.53. The molecule has 0 aliphatic heterocycles. The monoisotopic (exact) mass is 466 g/mol. The van der Waals surface area contributed by atoms with E-state index in [1.807, 2.05) is 44.4 Å². The van der Waals surface area contributed by atoms with Crippen LogP contribution < -0.4 is 24.8 Å². The quantitative estimate of drug-likeness (QED) is 0.380. The third-order valence-electron chi connectivity index (χ3n) is 5.48. The highest BCUT2D eigenvalue weighted by molar-refractivity contribution is 5.57. The molecule has 0 fully saturated rings. The molecule has 2 N–H and O–H groups in total. The van der Waals surface area contributed by atoms with E-state index in [1.165, 1.54) is 16.7 Å². The lowest BCUT2D eigenvalue weighted by Crippen LogP contribution is -1.95. The molecule has 0 bridgehead atoms. The van der Waals surface area contributed by atoms with Gasteiger partial charge in [0, 0.05) is 25.8 Å². The molecule has 0 radical (unpaired) electrons. The van der Waals surface area contributed by atoms with Crippen molar-refractivity contribution in [3.63, 3.8) is 0 Å². The van der Waals surface area contributed by atoms with E-state index in [0.717, 1.165) is 47.9 Å². The zero-order chi connectivity index (χ0) is 25.3. The molecule has 0 unspecified atom stereocenters.